The third-order valence-corrected chi connectivity index (χ3v) is 5.84. The molecule has 2 N–H and O–H groups in total. The lowest BCUT2D eigenvalue weighted by Gasteiger charge is -2.27. The van der Waals surface area contributed by atoms with Crippen molar-refractivity contribution in [3.8, 4) is 0 Å². The molecule has 0 saturated heterocycles. The van der Waals surface area contributed by atoms with Gasteiger partial charge in [0.05, 0.1) is 0 Å². The molecule has 1 aliphatic heterocycles. The number of amides is 2. The van der Waals surface area contributed by atoms with E-state index in [-0.39, 0.29) is 31.2 Å². The lowest BCUT2D eigenvalue weighted by atomic mass is 9.97. The van der Waals surface area contributed by atoms with Crippen LogP contribution in [0.3, 0.4) is 0 Å². The molecule has 9 heteroatoms. The third-order valence-electron chi connectivity index (χ3n) is 5.84. The van der Waals surface area contributed by atoms with E-state index in [2.05, 4.69) is 5.32 Å². The summed E-state index contributed by atoms with van der Waals surface area (Å²) in [6.45, 7) is 2.15. The Morgan fingerprint density at radius 2 is 1.82 bits per heavy atom. The summed E-state index contributed by atoms with van der Waals surface area (Å²) in [5.74, 6) is -2.82. The zero-order valence-corrected chi connectivity index (χ0v) is 17.9. The van der Waals surface area contributed by atoms with Crippen molar-refractivity contribution in [2.45, 2.75) is 26.4 Å². The minimum absolute atomic E-state index is 0.0704. The van der Waals surface area contributed by atoms with Crippen molar-refractivity contribution in [3.63, 3.8) is 0 Å². The highest BCUT2D eigenvalue weighted by atomic mass is 19.1. The van der Waals surface area contributed by atoms with Crippen LogP contribution in [0.15, 0.2) is 42.5 Å². The first kappa shape index (κ1) is 22.4. The minimum Gasteiger partial charge on any atom is -0.480 e. The Kier molecular flexibility index (Phi) is 6.13. The molecule has 172 valence electrons. The van der Waals surface area contributed by atoms with Crippen LogP contribution in [-0.4, -0.2) is 39.7 Å². The number of aliphatic carboxylic acids is 1. The van der Waals surface area contributed by atoms with Crippen LogP contribution in [0, 0.1) is 24.4 Å². The maximum atomic E-state index is 14.0. The molecule has 0 saturated carbocycles. The van der Waals surface area contributed by atoms with Crippen molar-refractivity contribution < 1.29 is 27.9 Å². The molecule has 0 atom stereocenters. The largest absolute Gasteiger partial charge is 0.480 e. The van der Waals surface area contributed by atoms with E-state index in [4.69, 9.17) is 0 Å². The number of nitrogens with one attached hydrogen (secondary N) is 1. The van der Waals surface area contributed by atoms with Gasteiger partial charge in [0, 0.05) is 53.4 Å². The summed E-state index contributed by atoms with van der Waals surface area (Å²) >= 11 is 0. The Morgan fingerprint density at radius 1 is 1.09 bits per heavy atom. The summed E-state index contributed by atoms with van der Waals surface area (Å²) in [6, 6.07) is 7.07. The Bertz CT molecular complexity index is 1280. The number of urea groups is 1. The van der Waals surface area contributed by atoms with E-state index in [0.29, 0.717) is 29.6 Å². The zero-order chi connectivity index (χ0) is 23.7. The number of hydrogen-bond donors (Lipinski definition) is 2. The van der Waals surface area contributed by atoms with Gasteiger partial charge in [0.25, 0.3) is 0 Å². The van der Waals surface area contributed by atoms with Gasteiger partial charge in [0.15, 0.2) is 0 Å². The van der Waals surface area contributed by atoms with Crippen LogP contribution >= 0.6 is 0 Å². The van der Waals surface area contributed by atoms with E-state index >= 15 is 0 Å². The molecule has 0 radical (unpaired) electrons. The third kappa shape index (κ3) is 4.57. The van der Waals surface area contributed by atoms with Crippen LogP contribution in [0.1, 0.15) is 23.2 Å². The molecule has 1 aliphatic rings. The van der Waals surface area contributed by atoms with E-state index in [1.165, 1.54) is 18.2 Å². The number of carbonyl (C=O) groups excluding carboxylic acids is 1. The highest BCUT2D eigenvalue weighted by Gasteiger charge is 2.23. The average Bonchev–Trinajstić information content (AvgIpc) is 3.03. The van der Waals surface area contributed by atoms with Crippen LogP contribution in [0.2, 0.25) is 0 Å². The molecule has 0 fully saturated rings. The number of hydrogen-bond acceptors (Lipinski definition) is 2. The van der Waals surface area contributed by atoms with Gasteiger partial charge in [-0.05, 0) is 43.2 Å². The first-order chi connectivity index (χ1) is 15.7. The number of carboxylic acid groups (broad SMARTS) is 1. The molecule has 1 aromatic heterocycles. The molecule has 0 bridgehead atoms. The molecule has 33 heavy (non-hydrogen) atoms. The summed E-state index contributed by atoms with van der Waals surface area (Å²) in [7, 11) is 0. The normalized spacial score (nSPS) is 13.8. The van der Waals surface area contributed by atoms with E-state index in [1.807, 2.05) is 6.08 Å². The van der Waals surface area contributed by atoms with Crippen LogP contribution < -0.4 is 5.32 Å². The molecule has 3 aromatic rings. The van der Waals surface area contributed by atoms with Gasteiger partial charge in [-0.1, -0.05) is 12.1 Å². The molecule has 0 unspecified atom stereocenters. The fraction of sp³-hybridized carbons (Fsp3) is 0.250. The maximum Gasteiger partial charge on any atom is 0.323 e. The van der Waals surface area contributed by atoms with Crippen molar-refractivity contribution in [2.75, 3.05) is 13.1 Å². The van der Waals surface area contributed by atoms with Crippen molar-refractivity contribution >= 4 is 28.5 Å². The fourth-order valence-electron chi connectivity index (χ4n) is 4.23. The quantitative estimate of drug-likeness (QED) is 0.595. The first-order valence-electron chi connectivity index (χ1n) is 10.4. The second-order valence-corrected chi connectivity index (χ2v) is 7.92. The Labute approximate surface area is 187 Å². The summed E-state index contributed by atoms with van der Waals surface area (Å²) < 4.78 is 42.4. The number of halogens is 3. The number of carboxylic acids is 1. The van der Waals surface area contributed by atoms with Gasteiger partial charge in [-0.25, -0.2) is 18.0 Å². The maximum absolute atomic E-state index is 14.0. The smallest absolute Gasteiger partial charge is 0.323 e. The second kappa shape index (κ2) is 9.01. The monoisotopic (exact) mass is 457 g/mol. The van der Waals surface area contributed by atoms with Crippen LogP contribution in [-0.2, 0) is 17.9 Å². The molecule has 6 nitrogen and oxygen atoms in total. The Hall–Kier alpha value is -3.75. The number of fused-ring (bicyclic) bond motifs is 1. The second-order valence-electron chi connectivity index (χ2n) is 7.92. The Morgan fingerprint density at radius 3 is 2.48 bits per heavy atom. The zero-order valence-electron chi connectivity index (χ0n) is 17.9. The molecular weight excluding hydrogens is 435 g/mol. The average molecular weight is 457 g/mol. The predicted molar refractivity (Wildman–Crippen MR) is 117 cm³/mol. The van der Waals surface area contributed by atoms with Crippen LogP contribution in [0.5, 0.6) is 0 Å². The number of benzene rings is 2. The van der Waals surface area contributed by atoms with Crippen molar-refractivity contribution in [1.82, 2.24) is 14.8 Å². The van der Waals surface area contributed by atoms with Crippen molar-refractivity contribution in [2.24, 2.45) is 0 Å². The van der Waals surface area contributed by atoms with Gasteiger partial charge in [0.2, 0.25) is 0 Å². The first-order valence-corrected chi connectivity index (χ1v) is 10.4. The standard InChI is InChI=1S/C24H22F3N3O3/c1-14-23(19-10-17(25)4-5-21(19)30(14)13-22(31)32)15-6-8-29(9-7-15)24(33)28-12-16-2-3-18(26)11-20(16)27/h2-6,10-11H,7-9,12-13H2,1H3,(H,28,33)(H,31,32). The van der Waals surface area contributed by atoms with Crippen LogP contribution in [0.25, 0.3) is 16.5 Å². The molecule has 4 rings (SSSR count). The minimum atomic E-state index is -0.996. The van der Waals surface area contributed by atoms with Crippen molar-refractivity contribution in [3.05, 3.63) is 76.7 Å². The molecule has 2 amide bonds. The summed E-state index contributed by atoms with van der Waals surface area (Å²) in [4.78, 5) is 25.4. The lowest BCUT2D eigenvalue weighted by molar-refractivity contribution is -0.137. The number of rotatable bonds is 5. The number of nitrogens with zero attached hydrogens (tertiary/aromatic N) is 2. The predicted octanol–water partition coefficient (Wildman–Crippen LogP) is 4.45. The van der Waals surface area contributed by atoms with E-state index < -0.39 is 23.4 Å². The van der Waals surface area contributed by atoms with E-state index in [9.17, 15) is 27.9 Å². The van der Waals surface area contributed by atoms with Gasteiger partial charge in [-0.15, -0.1) is 0 Å². The van der Waals surface area contributed by atoms with Gasteiger partial charge >= 0.3 is 12.0 Å². The molecule has 0 aliphatic carbocycles. The highest BCUT2D eigenvalue weighted by Crippen LogP contribution is 2.35. The number of aromatic nitrogens is 1. The van der Waals surface area contributed by atoms with E-state index in [1.54, 1.807) is 22.5 Å². The fourth-order valence-corrected chi connectivity index (χ4v) is 4.23. The lowest BCUT2D eigenvalue weighted by Crippen LogP contribution is -2.41. The topological polar surface area (TPSA) is 74.6 Å². The van der Waals surface area contributed by atoms with Gasteiger partial charge in [0.1, 0.15) is 24.0 Å². The highest BCUT2D eigenvalue weighted by molar-refractivity contribution is 5.96. The van der Waals surface area contributed by atoms with Gasteiger partial charge in [-0.3, -0.25) is 4.79 Å². The number of carbonyl (C=O) groups is 2. The summed E-state index contributed by atoms with van der Waals surface area (Å²) in [6.07, 6.45) is 2.35. The summed E-state index contributed by atoms with van der Waals surface area (Å²) in [5.41, 5.74) is 3.21. The SMILES string of the molecule is Cc1c(C2=CCN(C(=O)NCc3ccc(F)cc3F)CC2)c2cc(F)ccc2n1CC(=O)O. The molecular formula is C24H22F3N3O3. The van der Waals surface area contributed by atoms with Gasteiger partial charge < -0.3 is 19.9 Å². The molecule has 2 heterocycles. The van der Waals surface area contributed by atoms with Crippen molar-refractivity contribution in [1.29, 1.82) is 0 Å². The van der Waals surface area contributed by atoms with Gasteiger partial charge in [-0.2, -0.15) is 0 Å². The summed E-state index contributed by atoms with van der Waals surface area (Å²) in [5, 5.41) is 12.5. The molecule has 0 spiro atoms. The Balaban J connectivity index is 1.53. The van der Waals surface area contributed by atoms with Crippen LogP contribution in [0.4, 0.5) is 18.0 Å². The van der Waals surface area contributed by atoms with E-state index in [0.717, 1.165) is 23.3 Å². The molecule has 2 aromatic carbocycles.